The number of halogens is 1. The zero-order valence-electron chi connectivity index (χ0n) is 14.8. The summed E-state index contributed by atoms with van der Waals surface area (Å²) in [5, 5.41) is 8.14. The summed E-state index contributed by atoms with van der Waals surface area (Å²) in [6.07, 6.45) is 1.50. The molecule has 146 valence electrons. The van der Waals surface area contributed by atoms with Gasteiger partial charge in [0.05, 0.1) is 27.1 Å². The van der Waals surface area contributed by atoms with Crippen molar-refractivity contribution in [2.45, 2.75) is 4.34 Å². The third-order valence-corrected chi connectivity index (χ3v) is 7.09. The highest BCUT2D eigenvalue weighted by molar-refractivity contribution is 8.01. The van der Waals surface area contributed by atoms with Crippen LogP contribution < -0.4 is 10.7 Å². The van der Waals surface area contributed by atoms with Crippen molar-refractivity contribution >= 4 is 79.2 Å². The van der Waals surface area contributed by atoms with Gasteiger partial charge >= 0.3 is 0 Å². The second-order valence-electron chi connectivity index (χ2n) is 5.69. The van der Waals surface area contributed by atoms with Crippen LogP contribution in [-0.4, -0.2) is 27.8 Å². The number of hydrogen-bond donors (Lipinski definition) is 2. The Labute approximate surface area is 184 Å². The first-order valence-corrected chi connectivity index (χ1v) is 11.5. The molecule has 2 heterocycles. The van der Waals surface area contributed by atoms with E-state index < -0.39 is 0 Å². The lowest BCUT2D eigenvalue weighted by Gasteiger charge is -1.99. The Kier molecular flexibility index (Phi) is 6.40. The number of nitrogens with zero attached hydrogens (tertiary/aromatic N) is 3. The standard InChI is InChI=1S/C19H14ClN5OS3/c20-17-15(28-18(24-17)22-12-6-2-1-3-7-12)10-21-25-16(26)11-27-19-23-13-8-4-5-9-14(13)29-19/h1-10H,11H2,(H,22,24)(H,25,26)/b21-10+. The quantitative estimate of drug-likeness (QED) is 0.220. The van der Waals surface area contributed by atoms with E-state index in [-0.39, 0.29) is 11.7 Å². The van der Waals surface area contributed by atoms with Crippen molar-refractivity contribution < 1.29 is 4.79 Å². The Bertz CT molecular complexity index is 1130. The van der Waals surface area contributed by atoms with Gasteiger partial charge in [0.15, 0.2) is 14.6 Å². The van der Waals surface area contributed by atoms with E-state index in [0.717, 1.165) is 20.2 Å². The van der Waals surface area contributed by atoms with Gasteiger partial charge in [-0.25, -0.2) is 15.4 Å². The zero-order chi connectivity index (χ0) is 20.1. The van der Waals surface area contributed by atoms with E-state index in [1.54, 1.807) is 11.3 Å². The second-order valence-corrected chi connectivity index (χ2v) is 9.34. The molecule has 2 aromatic carbocycles. The number of fused-ring (bicyclic) bond motifs is 1. The van der Waals surface area contributed by atoms with E-state index >= 15 is 0 Å². The van der Waals surface area contributed by atoms with Gasteiger partial charge in [0.1, 0.15) is 0 Å². The summed E-state index contributed by atoms with van der Waals surface area (Å²) in [5.74, 6) is 0.0165. The van der Waals surface area contributed by atoms with E-state index in [1.807, 2.05) is 54.6 Å². The highest BCUT2D eigenvalue weighted by Crippen LogP contribution is 2.29. The molecule has 0 bridgehead atoms. The lowest BCUT2D eigenvalue weighted by atomic mass is 10.3. The molecule has 10 heteroatoms. The van der Waals surface area contributed by atoms with Crippen molar-refractivity contribution in [2.24, 2.45) is 5.10 Å². The smallest absolute Gasteiger partial charge is 0.250 e. The number of thioether (sulfide) groups is 1. The van der Waals surface area contributed by atoms with E-state index in [9.17, 15) is 4.79 Å². The Balaban J connectivity index is 1.29. The average molecular weight is 460 g/mol. The summed E-state index contributed by atoms with van der Waals surface area (Å²) in [4.78, 5) is 21.4. The molecule has 2 aromatic heterocycles. The van der Waals surface area contributed by atoms with Crippen LogP contribution in [0.1, 0.15) is 4.88 Å². The normalized spacial score (nSPS) is 11.2. The van der Waals surface area contributed by atoms with E-state index in [0.29, 0.717) is 15.2 Å². The third-order valence-electron chi connectivity index (χ3n) is 3.61. The molecule has 0 radical (unpaired) electrons. The van der Waals surface area contributed by atoms with Gasteiger partial charge in [-0.2, -0.15) is 5.10 Å². The largest absolute Gasteiger partial charge is 0.331 e. The molecular weight excluding hydrogens is 446 g/mol. The number of amides is 1. The number of rotatable bonds is 7. The first-order chi connectivity index (χ1) is 14.2. The Morgan fingerprint density at radius 3 is 2.72 bits per heavy atom. The lowest BCUT2D eigenvalue weighted by molar-refractivity contribution is -0.118. The molecule has 2 N–H and O–H groups in total. The van der Waals surface area contributed by atoms with Gasteiger partial charge in [0, 0.05) is 5.69 Å². The molecule has 0 fully saturated rings. The predicted molar refractivity (Wildman–Crippen MR) is 123 cm³/mol. The first kappa shape index (κ1) is 19.8. The van der Waals surface area contributed by atoms with Crippen LogP contribution in [0.5, 0.6) is 0 Å². The van der Waals surface area contributed by atoms with Crippen molar-refractivity contribution in [2.75, 3.05) is 11.1 Å². The number of hydrazone groups is 1. The fourth-order valence-electron chi connectivity index (χ4n) is 2.33. The minimum Gasteiger partial charge on any atom is -0.331 e. The van der Waals surface area contributed by atoms with Crippen LogP contribution in [0.2, 0.25) is 5.15 Å². The summed E-state index contributed by atoms with van der Waals surface area (Å²) in [6, 6.07) is 17.6. The van der Waals surface area contributed by atoms with Gasteiger partial charge < -0.3 is 5.32 Å². The summed E-state index contributed by atoms with van der Waals surface area (Å²) in [6.45, 7) is 0. The molecule has 6 nitrogen and oxygen atoms in total. The molecule has 0 unspecified atom stereocenters. The highest BCUT2D eigenvalue weighted by atomic mass is 35.5. The topological polar surface area (TPSA) is 79.3 Å². The number of hydrogen-bond acceptors (Lipinski definition) is 8. The van der Waals surface area contributed by atoms with E-state index in [4.69, 9.17) is 11.6 Å². The number of carbonyl (C=O) groups excluding carboxylic acids is 1. The van der Waals surface area contributed by atoms with E-state index in [2.05, 4.69) is 25.8 Å². The van der Waals surface area contributed by atoms with Crippen LogP contribution in [0.25, 0.3) is 10.2 Å². The van der Waals surface area contributed by atoms with Gasteiger partial charge in [-0.3, -0.25) is 4.79 Å². The Morgan fingerprint density at radius 1 is 1.10 bits per heavy atom. The van der Waals surface area contributed by atoms with Gasteiger partial charge in [-0.1, -0.05) is 65.0 Å². The van der Waals surface area contributed by atoms with Crippen LogP contribution >= 0.6 is 46.0 Å². The van der Waals surface area contributed by atoms with Gasteiger partial charge in [0.2, 0.25) is 0 Å². The highest BCUT2D eigenvalue weighted by Gasteiger charge is 2.09. The SMILES string of the molecule is O=C(CSc1nc2ccccc2s1)N/N=C/c1sc(Nc2ccccc2)nc1Cl. The molecule has 0 saturated heterocycles. The van der Waals surface area contributed by atoms with Crippen LogP contribution in [0.3, 0.4) is 0 Å². The van der Waals surface area contributed by atoms with Gasteiger partial charge in [0.25, 0.3) is 5.91 Å². The van der Waals surface area contributed by atoms with Crippen molar-refractivity contribution in [1.82, 2.24) is 15.4 Å². The van der Waals surface area contributed by atoms with Crippen LogP contribution in [-0.2, 0) is 4.79 Å². The lowest BCUT2D eigenvalue weighted by Crippen LogP contribution is -2.19. The predicted octanol–water partition coefficient (Wildman–Crippen LogP) is 5.39. The van der Waals surface area contributed by atoms with Crippen LogP contribution in [0.15, 0.2) is 64.0 Å². The number of anilines is 2. The van der Waals surface area contributed by atoms with Crippen molar-refractivity contribution in [3.63, 3.8) is 0 Å². The average Bonchev–Trinajstić information content (AvgIpc) is 3.30. The van der Waals surface area contributed by atoms with Crippen molar-refractivity contribution in [3.8, 4) is 0 Å². The maximum atomic E-state index is 12.0. The molecule has 0 aliphatic rings. The molecule has 29 heavy (non-hydrogen) atoms. The fourth-order valence-corrected chi connectivity index (χ4v) is 5.24. The second kappa shape index (κ2) is 9.36. The molecule has 1 amide bonds. The maximum absolute atomic E-state index is 12.0. The summed E-state index contributed by atoms with van der Waals surface area (Å²) in [5.41, 5.74) is 4.37. The molecule has 0 aliphatic carbocycles. The summed E-state index contributed by atoms with van der Waals surface area (Å²) in [7, 11) is 0. The molecule has 0 spiro atoms. The van der Waals surface area contributed by atoms with Gasteiger partial charge in [-0.05, 0) is 24.3 Å². The van der Waals surface area contributed by atoms with Crippen molar-refractivity contribution in [3.05, 3.63) is 64.6 Å². The molecule has 4 aromatic rings. The number of nitrogens with one attached hydrogen (secondary N) is 2. The van der Waals surface area contributed by atoms with E-state index in [1.165, 1.54) is 29.3 Å². The molecule has 4 rings (SSSR count). The minimum atomic E-state index is -0.214. The Morgan fingerprint density at radius 2 is 1.90 bits per heavy atom. The van der Waals surface area contributed by atoms with Gasteiger partial charge in [-0.15, -0.1) is 11.3 Å². The summed E-state index contributed by atoms with van der Waals surface area (Å²) >= 11 is 10.5. The number of benzene rings is 2. The Hall–Kier alpha value is -2.46. The van der Waals surface area contributed by atoms with Crippen molar-refractivity contribution in [1.29, 1.82) is 0 Å². The number of carbonyl (C=O) groups is 1. The van der Waals surface area contributed by atoms with Crippen LogP contribution in [0.4, 0.5) is 10.8 Å². The zero-order valence-corrected chi connectivity index (χ0v) is 18.0. The summed E-state index contributed by atoms with van der Waals surface area (Å²) < 4.78 is 1.96. The minimum absolute atomic E-state index is 0.214. The van der Waals surface area contributed by atoms with Crippen LogP contribution in [0, 0.1) is 0 Å². The molecule has 0 atom stereocenters. The molecule has 0 aliphatic heterocycles. The molecular formula is C19H14ClN5OS3. The monoisotopic (exact) mass is 459 g/mol. The number of aromatic nitrogens is 2. The first-order valence-electron chi connectivity index (χ1n) is 8.46. The number of para-hydroxylation sites is 2. The third kappa shape index (κ3) is 5.33. The molecule has 0 saturated carbocycles. The fraction of sp³-hybridized carbons (Fsp3) is 0.0526. The maximum Gasteiger partial charge on any atom is 0.250 e. The number of thiazole rings is 2.